The molecule has 0 bridgehead atoms. The molecule has 10 heteroatoms. The molecule has 0 atom stereocenters. The largest absolute Gasteiger partial charge is 0.351 e. The Balaban J connectivity index is 1.41. The molecule has 1 fully saturated rings. The molecule has 4 aromatic rings. The van der Waals surface area contributed by atoms with Crippen molar-refractivity contribution < 1.29 is 8.42 Å². The SMILES string of the molecule is O=S(=O)(Nc1cccc2cc(-c3ncc(CN4CC[N]CC4)s3)[nH]c12)c1cccs1. The number of fused-ring (bicyclic) bond motifs is 1. The molecular weight excluding hydrogens is 438 g/mol. The van der Waals surface area contributed by atoms with Crippen molar-refractivity contribution in [3.63, 3.8) is 0 Å². The Kier molecular flexibility index (Phi) is 5.34. The van der Waals surface area contributed by atoms with Gasteiger partial charge in [-0.05, 0) is 23.6 Å². The molecule has 155 valence electrons. The number of rotatable bonds is 6. The average molecular weight is 459 g/mol. The first-order chi connectivity index (χ1) is 14.6. The van der Waals surface area contributed by atoms with E-state index in [1.54, 1.807) is 34.9 Å². The number of anilines is 1. The number of benzene rings is 1. The van der Waals surface area contributed by atoms with Crippen LogP contribution in [0.4, 0.5) is 5.69 Å². The maximum atomic E-state index is 12.6. The Morgan fingerprint density at radius 3 is 2.83 bits per heavy atom. The van der Waals surface area contributed by atoms with Gasteiger partial charge in [0.1, 0.15) is 9.22 Å². The van der Waals surface area contributed by atoms with Crippen LogP contribution in [-0.4, -0.2) is 49.5 Å². The molecular formula is C20H20N5O2S3. The van der Waals surface area contributed by atoms with Gasteiger partial charge in [-0.1, -0.05) is 18.2 Å². The van der Waals surface area contributed by atoms with Crippen molar-refractivity contribution in [3.05, 3.63) is 52.9 Å². The van der Waals surface area contributed by atoms with E-state index < -0.39 is 10.0 Å². The summed E-state index contributed by atoms with van der Waals surface area (Å²) in [4.78, 5) is 11.6. The highest BCUT2D eigenvalue weighted by molar-refractivity contribution is 7.94. The number of nitrogens with one attached hydrogen (secondary N) is 2. The van der Waals surface area contributed by atoms with Crippen LogP contribution >= 0.6 is 22.7 Å². The molecule has 1 aliphatic heterocycles. The lowest BCUT2D eigenvalue weighted by Crippen LogP contribution is -2.39. The lowest BCUT2D eigenvalue weighted by molar-refractivity contribution is 0.232. The number of sulfonamides is 1. The van der Waals surface area contributed by atoms with Gasteiger partial charge in [-0.3, -0.25) is 9.62 Å². The maximum Gasteiger partial charge on any atom is 0.271 e. The van der Waals surface area contributed by atoms with Crippen LogP contribution in [0.5, 0.6) is 0 Å². The molecule has 30 heavy (non-hydrogen) atoms. The molecule has 1 aliphatic rings. The van der Waals surface area contributed by atoms with Crippen molar-refractivity contribution in [3.8, 4) is 10.7 Å². The summed E-state index contributed by atoms with van der Waals surface area (Å²) in [6, 6.07) is 10.9. The van der Waals surface area contributed by atoms with Crippen LogP contribution < -0.4 is 10.0 Å². The van der Waals surface area contributed by atoms with Gasteiger partial charge in [0.05, 0.1) is 16.9 Å². The van der Waals surface area contributed by atoms with E-state index >= 15 is 0 Å². The summed E-state index contributed by atoms with van der Waals surface area (Å²) in [5.74, 6) is 0. The van der Waals surface area contributed by atoms with Crippen molar-refractivity contribution in [1.82, 2.24) is 20.2 Å². The van der Waals surface area contributed by atoms with E-state index in [9.17, 15) is 8.42 Å². The fraction of sp³-hybridized carbons (Fsp3) is 0.250. The monoisotopic (exact) mass is 458 g/mol. The summed E-state index contributed by atoms with van der Waals surface area (Å²) in [6.45, 7) is 4.68. The Labute approximate surface area is 182 Å². The Morgan fingerprint density at radius 1 is 1.17 bits per heavy atom. The third-order valence-electron chi connectivity index (χ3n) is 4.97. The van der Waals surface area contributed by atoms with Gasteiger partial charge >= 0.3 is 0 Å². The number of hydrogen-bond acceptors (Lipinski definition) is 6. The predicted molar refractivity (Wildman–Crippen MR) is 122 cm³/mol. The van der Waals surface area contributed by atoms with Gasteiger partial charge < -0.3 is 4.98 Å². The molecule has 0 saturated carbocycles. The van der Waals surface area contributed by atoms with Crippen molar-refractivity contribution in [2.75, 3.05) is 30.9 Å². The third-order valence-corrected chi connectivity index (χ3v) is 8.75. The zero-order valence-corrected chi connectivity index (χ0v) is 18.5. The normalized spacial score (nSPS) is 15.6. The van der Waals surface area contributed by atoms with Crippen molar-refractivity contribution in [2.45, 2.75) is 10.8 Å². The fourth-order valence-corrected chi connectivity index (χ4v) is 6.49. The first-order valence-corrected chi connectivity index (χ1v) is 12.8. The molecule has 2 N–H and O–H groups in total. The van der Waals surface area contributed by atoms with Gasteiger partial charge in [-0.15, -0.1) is 22.7 Å². The van der Waals surface area contributed by atoms with Gasteiger partial charge in [0, 0.05) is 49.2 Å². The molecule has 0 amide bonds. The summed E-state index contributed by atoms with van der Waals surface area (Å²) in [7, 11) is -3.61. The average Bonchev–Trinajstić information content (AvgIpc) is 3.49. The Hall–Kier alpha value is -2.24. The zero-order chi connectivity index (χ0) is 20.6. The number of thiazole rings is 1. The minimum absolute atomic E-state index is 0.293. The highest BCUT2D eigenvalue weighted by Crippen LogP contribution is 2.32. The Bertz CT molecular complexity index is 1250. The molecule has 7 nitrogen and oxygen atoms in total. The second-order valence-corrected chi connectivity index (χ2v) is 11.0. The minimum atomic E-state index is -3.61. The van der Waals surface area contributed by atoms with Crippen LogP contribution in [0.2, 0.25) is 0 Å². The highest BCUT2D eigenvalue weighted by Gasteiger charge is 2.18. The highest BCUT2D eigenvalue weighted by atomic mass is 32.2. The summed E-state index contributed by atoms with van der Waals surface area (Å²) in [5.41, 5.74) is 2.17. The molecule has 0 spiro atoms. The summed E-state index contributed by atoms with van der Waals surface area (Å²) >= 11 is 2.85. The standard InChI is InChI=1S/C20H20N5O2S3/c26-30(27,18-5-2-10-28-18)24-16-4-1-3-14-11-17(23-19(14)16)20-22-12-15(29-20)13-25-8-6-21-7-9-25/h1-5,10-12,23-24H,6-9,13H2. The molecule has 3 aromatic heterocycles. The van der Waals surface area contributed by atoms with Gasteiger partial charge in [0.2, 0.25) is 0 Å². The number of nitrogens with zero attached hydrogens (tertiary/aromatic N) is 3. The minimum Gasteiger partial charge on any atom is -0.351 e. The van der Waals surface area contributed by atoms with E-state index in [0.29, 0.717) is 9.90 Å². The van der Waals surface area contributed by atoms with Crippen LogP contribution in [0.3, 0.4) is 0 Å². The smallest absolute Gasteiger partial charge is 0.271 e. The van der Waals surface area contributed by atoms with Crippen molar-refractivity contribution in [2.24, 2.45) is 0 Å². The number of piperazine rings is 1. The van der Waals surface area contributed by atoms with Crippen LogP contribution in [0.15, 0.2) is 52.2 Å². The quantitative estimate of drug-likeness (QED) is 0.462. The number of aromatic nitrogens is 2. The zero-order valence-electron chi connectivity index (χ0n) is 16.0. The molecule has 4 heterocycles. The van der Waals surface area contributed by atoms with E-state index in [1.165, 1.54) is 16.2 Å². The van der Waals surface area contributed by atoms with Gasteiger partial charge in [-0.2, -0.15) is 0 Å². The Morgan fingerprint density at radius 2 is 2.03 bits per heavy atom. The third kappa shape index (κ3) is 4.01. The van der Waals surface area contributed by atoms with Gasteiger partial charge in [0.15, 0.2) is 0 Å². The molecule has 1 saturated heterocycles. The van der Waals surface area contributed by atoms with E-state index in [4.69, 9.17) is 0 Å². The van der Waals surface area contributed by atoms with Crippen LogP contribution in [0.25, 0.3) is 21.6 Å². The number of aromatic amines is 1. The first kappa shape index (κ1) is 19.7. The van der Waals surface area contributed by atoms with Crippen molar-refractivity contribution in [1.29, 1.82) is 0 Å². The lowest BCUT2D eigenvalue weighted by Gasteiger charge is -2.25. The van der Waals surface area contributed by atoms with E-state index in [1.807, 2.05) is 24.4 Å². The molecule has 0 unspecified atom stereocenters. The fourth-order valence-electron chi connectivity index (χ4n) is 3.50. The summed E-state index contributed by atoms with van der Waals surface area (Å²) < 4.78 is 28.3. The number of H-pyrrole nitrogens is 1. The van der Waals surface area contributed by atoms with Crippen molar-refractivity contribution >= 4 is 49.3 Å². The number of para-hydroxylation sites is 1. The molecule has 1 aromatic carbocycles. The van der Waals surface area contributed by atoms with E-state index in [-0.39, 0.29) is 0 Å². The van der Waals surface area contributed by atoms with Crippen LogP contribution in [0.1, 0.15) is 4.88 Å². The van der Waals surface area contributed by atoms with Gasteiger partial charge in [0.25, 0.3) is 10.0 Å². The van der Waals surface area contributed by atoms with Gasteiger partial charge in [-0.25, -0.2) is 18.7 Å². The maximum absolute atomic E-state index is 12.6. The first-order valence-electron chi connectivity index (χ1n) is 9.57. The topological polar surface area (TPSA) is 92.2 Å². The summed E-state index contributed by atoms with van der Waals surface area (Å²) in [5, 5.41) is 7.97. The second kappa shape index (κ2) is 8.12. The molecule has 0 aliphatic carbocycles. The number of thiophene rings is 1. The van der Waals surface area contributed by atoms with Crippen LogP contribution in [0, 0.1) is 0 Å². The predicted octanol–water partition coefficient (Wildman–Crippen LogP) is 3.57. The lowest BCUT2D eigenvalue weighted by atomic mass is 10.2. The van der Waals surface area contributed by atoms with E-state index in [0.717, 1.165) is 54.3 Å². The van der Waals surface area contributed by atoms with Crippen LogP contribution in [-0.2, 0) is 16.6 Å². The summed E-state index contributed by atoms with van der Waals surface area (Å²) in [6.07, 6.45) is 1.93. The van der Waals surface area contributed by atoms with E-state index in [2.05, 4.69) is 24.9 Å². The molecule has 1 radical (unpaired) electrons. The second-order valence-electron chi connectivity index (χ2n) is 7.07. The number of hydrogen-bond donors (Lipinski definition) is 2. The molecule has 5 rings (SSSR count).